The molecule has 0 unspecified atom stereocenters. The number of allylic oxidation sites excluding steroid dienone is 1. The number of phenolic OH excluding ortho intramolecular Hbond substituents is 1. The van der Waals surface area contributed by atoms with E-state index in [1.54, 1.807) is 12.1 Å². The average Bonchev–Trinajstić information content (AvgIpc) is 3.10. The summed E-state index contributed by atoms with van der Waals surface area (Å²) in [5.41, 5.74) is 3.86. The van der Waals surface area contributed by atoms with Gasteiger partial charge in [0.2, 0.25) is 0 Å². The molecule has 0 saturated heterocycles. The molecule has 2 aliphatic carbocycles. The first-order valence-corrected chi connectivity index (χ1v) is 9.91. The summed E-state index contributed by atoms with van der Waals surface area (Å²) in [5.74, 6) is 0.127. The van der Waals surface area contributed by atoms with Crippen LogP contribution in [0.25, 0.3) is 5.57 Å². The van der Waals surface area contributed by atoms with Crippen molar-refractivity contribution in [3.63, 3.8) is 0 Å². The molecule has 1 aromatic heterocycles. The molecule has 0 radical (unpaired) electrons. The number of aromatic hydroxyl groups is 1. The van der Waals surface area contributed by atoms with Gasteiger partial charge < -0.3 is 9.84 Å². The highest BCUT2D eigenvalue weighted by Gasteiger charge is 2.25. The third-order valence-electron chi connectivity index (χ3n) is 5.63. The van der Waals surface area contributed by atoms with Crippen molar-refractivity contribution in [1.29, 1.82) is 0 Å². The van der Waals surface area contributed by atoms with E-state index in [0.717, 1.165) is 25.7 Å². The molecular formula is C21H23ClN2O3. The number of hydrogen-bond acceptors (Lipinski definition) is 4. The Morgan fingerprint density at radius 3 is 2.78 bits per heavy atom. The maximum atomic E-state index is 11.3. The molecule has 27 heavy (non-hydrogen) atoms. The molecule has 1 N–H and O–H groups in total. The summed E-state index contributed by atoms with van der Waals surface area (Å²) < 4.78 is 8.11. The molecule has 0 spiro atoms. The van der Waals surface area contributed by atoms with Crippen LogP contribution >= 0.6 is 11.6 Å². The summed E-state index contributed by atoms with van der Waals surface area (Å²) >= 11 is 5.89. The Labute approximate surface area is 163 Å². The Morgan fingerprint density at radius 1 is 1.22 bits per heavy atom. The molecule has 0 amide bonds. The van der Waals surface area contributed by atoms with Crippen LogP contribution in [0, 0.1) is 0 Å². The molecule has 2 aromatic rings. The number of carbonyl (C=O) groups excluding carboxylic acids is 1. The van der Waals surface area contributed by atoms with Gasteiger partial charge in [-0.15, -0.1) is 0 Å². The highest BCUT2D eigenvalue weighted by atomic mass is 35.5. The quantitative estimate of drug-likeness (QED) is 0.694. The Morgan fingerprint density at radius 2 is 2.04 bits per heavy atom. The van der Waals surface area contributed by atoms with Crippen LogP contribution in [-0.4, -0.2) is 27.8 Å². The molecule has 5 nitrogen and oxygen atoms in total. The summed E-state index contributed by atoms with van der Waals surface area (Å²) in [6, 6.07) is 5.79. The topological polar surface area (TPSA) is 64.3 Å². The van der Waals surface area contributed by atoms with E-state index < -0.39 is 0 Å². The number of phenols is 1. The summed E-state index contributed by atoms with van der Waals surface area (Å²) in [4.78, 5) is 11.3. The molecule has 1 aromatic carbocycles. The van der Waals surface area contributed by atoms with E-state index in [4.69, 9.17) is 16.3 Å². The fourth-order valence-corrected chi connectivity index (χ4v) is 4.04. The lowest BCUT2D eigenvalue weighted by atomic mass is 9.88. The van der Waals surface area contributed by atoms with Crippen LogP contribution in [0.5, 0.6) is 11.5 Å². The molecule has 2 aliphatic rings. The van der Waals surface area contributed by atoms with Gasteiger partial charge in [0.15, 0.2) is 6.29 Å². The first-order chi connectivity index (χ1) is 13.2. The number of halogens is 1. The number of aldehydes is 1. The smallest absolute Gasteiger partial charge is 0.157 e. The van der Waals surface area contributed by atoms with Crippen LogP contribution in [-0.2, 0) is 0 Å². The predicted octanol–water partition coefficient (Wildman–Crippen LogP) is 5.19. The third kappa shape index (κ3) is 3.48. The van der Waals surface area contributed by atoms with Crippen molar-refractivity contribution in [2.75, 3.05) is 6.61 Å². The number of benzene rings is 1. The van der Waals surface area contributed by atoms with E-state index in [1.807, 2.05) is 6.20 Å². The Kier molecular flexibility index (Phi) is 5.21. The van der Waals surface area contributed by atoms with Crippen LogP contribution in [0.1, 0.15) is 67.0 Å². The van der Waals surface area contributed by atoms with Crippen LogP contribution < -0.4 is 4.74 Å². The largest absolute Gasteiger partial charge is 0.505 e. The lowest BCUT2D eigenvalue weighted by Gasteiger charge is -2.29. The fraction of sp³-hybridized carbons (Fsp3) is 0.429. The zero-order valence-electron chi connectivity index (χ0n) is 15.2. The minimum atomic E-state index is -0.231. The number of nitrogens with zero attached hydrogens (tertiary/aromatic N) is 2. The van der Waals surface area contributed by atoms with Gasteiger partial charge in [-0.1, -0.05) is 11.6 Å². The van der Waals surface area contributed by atoms with Gasteiger partial charge >= 0.3 is 0 Å². The molecule has 1 saturated carbocycles. The minimum absolute atomic E-state index is 0.0972. The molecule has 1 heterocycles. The lowest BCUT2D eigenvalue weighted by Crippen LogP contribution is -2.21. The summed E-state index contributed by atoms with van der Waals surface area (Å²) in [6.07, 6.45) is 10.4. The van der Waals surface area contributed by atoms with Crippen LogP contribution in [0.4, 0.5) is 0 Å². The standard InChI is InChI=1S/C21H23ClN2O3/c22-18-8-9-20(17(12-25)21(18)26)27-13-14-4-1-2-7-16(14)19-10-11-23-24(19)15-5-3-6-15/h8-12,15,26H,1-7,13H2. The van der Waals surface area contributed by atoms with Gasteiger partial charge in [0, 0.05) is 6.20 Å². The Balaban J connectivity index is 1.61. The molecule has 0 atom stereocenters. The van der Waals surface area contributed by atoms with Crippen molar-refractivity contribution >= 4 is 23.5 Å². The normalized spacial score (nSPS) is 17.7. The zero-order valence-corrected chi connectivity index (χ0v) is 15.9. The molecule has 0 bridgehead atoms. The number of carbonyl (C=O) groups is 1. The van der Waals surface area contributed by atoms with Crippen LogP contribution in [0.15, 0.2) is 30.0 Å². The molecule has 6 heteroatoms. The Bertz CT molecular complexity index is 884. The first-order valence-electron chi connectivity index (χ1n) is 9.53. The second kappa shape index (κ2) is 7.77. The second-order valence-electron chi connectivity index (χ2n) is 7.25. The van der Waals surface area contributed by atoms with Gasteiger partial charge in [0.1, 0.15) is 18.1 Å². The van der Waals surface area contributed by atoms with E-state index in [-0.39, 0.29) is 16.3 Å². The van der Waals surface area contributed by atoms with Crippen molar-refractivity contribution in [1.82, 2.24) is 9.78 Å². The zero-order chi connectivity index (χ0) is 18.8. The molecule has 142 valence electrons. The van der Waals surface area contributed by atoms with Crippen LogP contribution in [0.2, 0.25) is 5.02 Å². The predicted molar refractivity (Wildman–Crippen MR) is 105 cm³/mol. The Hall–Kier alpha value is -2.27. The summed E-state index contributed by atoms with van der Waals surface area (Å²) in [5, 5.41) is 14.7. The van der Waals surface area contributed by atoms with Gasteiger partial charge in [-0.3, -0.25) is 9.48 Å². The first kappa shape index (κ1) is 18.1. The second-order valence-corrected chi connectivity index (χ2v) is 7.66. The lowest BCUT2D eigenvalue weighted by molar-refractivity contribution is 0.111. The SMILES string of the molecule is O=Cc1c(OCC2=C(c3ccnn3C3CCC3)CCCC2)ccc(Cl)c1O. The van der Waals surface area contributed by atoms with Gasteiger partial charge in [-0.05, 0) is 74.3 Å². The summed E-state index contributed by atoms with van der Waals surface area (Å²) in [7, 11) is 0. The molecule has 4 rings (SSSR count). The minimum Gasteiger partial charge on any atom is -0.505 e. The maximum Gasteiger partial charge on any atom is 0.157 e. The highest BCUT2D eigenvalue weighted by molar-refractivity contribution is 6.32. The average molecular weight is 387 g/mol. The maximum absolute atomic E-state index is 11.3. The number of ether oxygens (including phenoxy) is 1. The number of hydrogen-bond donors (Lipinski definition) is 1. The van der Waals surface area contributed by atoms with Crippen molar-refractivity contribution in [3.05, 3.63) is 46.2 Å². The monoisotopic (exact) mass is 386 g/mol. The third-order valence-corrected chi connectivity index (χ3v) is 5.93. The number of rotatable bonds is 6. The van der Waals surface area contributed by atoms with Crippen molar-refractivity contribution < 1.29 is 14.6 Å². The van der Waals surface area contributed by atoms with E-state index >= 15 is 0 Å². The van der Waals surface area contributed by atoms with Gasteiger partial charge in [-0.2, -0.15) is 5.10 Å². The van der Waals surface area contributed by atoms with Gasteiger partial charge in [0.25, 0.3) is 0 Å². The molecule has 0 aliphatic heterocycles. The summed E-state index contributed by atoms with van der Waals surface area (Å²) in [6.45, 7) is 0.396. The van der Waals surface area contributed by atoms with Crippen molar-refractivity contribution in [2.24, 2.45) is 0 Å². The van der Waals surface area contributed by atoms with Crippen molar-refractivity contribution in [3.8, 4) is 11.5 Å². The van der Waals surface area contributed by atoms with Crippen LogP contribution in [0.3, 0.4) is 0 Å². The molecular weight excluding hydrogens is 364 g/mol. The van der Waals surface area contributed by atoms with E-state index in [0.29, 0.717) is 24.7 Å². The van der Waals surface area contributed by atoms with Crippen molar-refractivity contribution in [2.45, 2.75) is 51.0 Å². The van der Waals surface area contributed by atoms with Gasteiger partial charge in [0.05, 0.1) is 22.3 Å². The number of aromatic nitrogens is 2. The van der Waals surface area contributed by atoms with E-state index in [1.165, 1.54) is 36.1 Å². The van der Waals surface area contributed by atoms with Gasteiger partial charge in [-0.25, -0.2) is 0 Å². The fourth-order valence-electron chi connectivity index (χ4n) is 3.88. The highest BCUT2D eigenvalue weighted by Crippen LogP contribution is 2.38. The molecule has 1 fully saturated rings. The van der Waals surface area contributed by atoms with E-state index in [2.05, 4.69) is 15.8 Å². The van der Waals surface area contributed by atoms with E-state index in [9.17, 15) is 9.90 Å².